The Morgan fingerprint density at radius 1 is 1.18 bits per heavy atom. The molecule has 0 saturated heterocycles. The average Bonchev–Trinajstić information content (AvgIpc) is 2.06. The van der Waals surface area contributed by atoms with Gasteiger partial charge < -0.3 is 0 Å². The van der Waals surface area contributed by atoms with Gasteiger partial charge in [0, 0.05) is 0 Å². The molecule has 11 heavy (non-hydrogen) atoms. The Kier molecular flexibility index (Phi) is 2.64. The number of carbonyl (C=O) groups is 2. The van der Waals surface area contributed by atoms with E-state index in [4.69, 9.17) is 11.6 Å². The fourth-order valence-corrected chi connectivity index (χ4v) is 2.84. The summed E-state index contributed by atoms with van der Waals surface area (Å²) >= 11 is 14.2. The third-order valence-corrected chi connectivity index (χ3v) is 3.95. The van der Waals surface area contributed by atoms with E-state index in [1.807, 2.05) is 0 Å². The highest BCUT2D eigenvalue weighted by molar-refractivity contribution is 9.26. The van der Waals surface area contributed by atoms with Crippen molar-refractivity contribution in [2.24, 2.45) is 0 Å². The number of halogens is 4. The molecule has 0 spiro atoms. The van der Waals surface area contributed by atoms with Crippen LogP contribution in [0.15, 0.2) is 9.51 Å². The fraction of sp³-hybridized carbons (Fsp3) is 0.200. The summed E-state index contributed by atoms with van der Waals surface area (Å²) in [5, 5.41) is -0.0799. The monoisotopic (exact) mass is 364 g/mol. The fourth-order valence-electron chi connectivity index (χ4n) is 0.578. The highest BCUT2D eigenvalue weighted by Crippen LogP contribution is 2.43. The summed E-state index contributed by atoms with van der Waals surface area (Å²) in [6.45, 7) is 0. The van der Waals surface area contributed by atoms with Crippen LogP contribution in [-0.2, 0) is 9.59 Å². The third-order valence-electron chi connectivity index (χ3n) is 1.16. The molecule has 0 unspecified atom stereocenters. The molecule has 1 aliphatic rings. The van der Waals surface area contributed by atoms with Gasteiger partial charge in [0.15, 0.2) is 0 Å². The van der Waals surface area contributed by atoms with Gasteiger partial charge in [-0.25, -0.2) is 0 Å². The molecule has 0 saturated carbocycles. The number of ketones is 2. The van der Waals surface area contributed by atoms with E-state index in [-0.39, 0.29) is 9.51 Å². The molecule has 0 aromatic carbocycles. The van der Waals surface area contributed by atoms with Crippen molar-refractivity contribution in [1.82, 2.24) is 0 Å². The predicted molar refractivity (Wildman–Crippen MR) is 52.4 cm³/mol. The molecule has 1 rings (SSSR count). The van der Waals surface area contributed by atoms with Crippen LogP contribution in [-0.4, -0.2) is 14.8 Å². The molecular formula is C5Br3ClO2. The van der Waals surface area contributed by atoms with Gasteiger partial charge in [-0.2, -0.15) is 0 Å². The van der Waals surface area contributed by atoms with Gasteiger partial charge in [0.25, 0.3) is 0 Å². The molecule has 0 fully saturated rings. The van der Waals surface area contributed by atoms with Crippen LogP contribution in [0.5, 0.6) is 0 Å². The Morgan fingerprint density at radius 3 is 1.73 bits per heavy atom. The topological polar surface area (TPSA) is 34.1 Å². The van der Waals surface area contributed by atoms with Crippen LogP contribution in [0.4, 0.5) is 0 Å². The van der Waals surface area contributed by atoms with Crippen molar-refractivity contribution in [2.75, 3.05) is 0 Å². The van der Waals surface area contributed by atoms with Crippen molar-refractivity contribution in [3.05, 3.63) is 9.51 Å². The van der Waals surface area contributed by atoms with Gasteiger partial charge in [0.2, 0.25) is 14.8 Å². The highest BCUT2D eigenvalue weighted by Gasteiger charge is 2.50. The van der Waals surface area contributed by atoms with Crippen LogP contribution in [0.3, 0.4) is 0 Å². The van der Waals surface area contributed by atoms with Crippen LogP contribution in [0.2, 0.25) is 0 Å². The van der Waals surface area contributed by atoms with E-state index < -0.39 is 14.8 Å². The molecule has 1 aliphatic carbocycles. The maximum atomic E-state index is 11.1. The van der Waals surface area contributed by atoms with Crippen molar-refractivity contribution in [3.63, 3.8) is 0 Å². The molecule has 0 aromatic rings. The number of hydrogen-bond donors (Lipinski definition) is 0. The van der Waals surface area contributed by atoms with Crippen LogP contribution >= 0.6 is 59.4 Å². The quantitative estimate of drug-likeness (QED) is 0.487. The van der Waals surface area contributed by atoms with E-state index in [9.17, 15) is 9.59 Å². The first-order valence-electron chi connectivity index (χ1n) is 2.41. The molecule has 0 radical (unpaired) electrons. The van der Waals surface area contributed by atoms with Gasteiger partial charge in [-0.1, -0.05) is 43.5 Å². The summed E-state index contributed by atoms with van der Waals surface area (Å²) in [4.78, 5) is 22.3. The van der Waals surface area contributed by atoms with Gasteiger partial charge in [-0.05, 0) is 15.9 Å². The lowest BCUT2D eigenvalue weighted by molar-refractivity contribution is -0.120. The largest absolute Gasteiger partial charge is 0.290 e. The van der Waals surface area contributed by atoms with Gasteiger partial charge >= 0.3 is 0 Å². The second kappa shape index (κ2) is 2.94. The highest BCUT2D eigenvalue weighted by atomic mass is 79.9. The lowest BCUT2D eigenvalue weighted by Gasteiger charge is -2.06. The first kappa shape index (κ1) is 9.89. The normalized spacial score (nSPS) is 23.3. The van der Waals surface area contributed by atoms with Crippen molar-refractivity contribution < 1.29 is 9.59 Å². The lowest BCUT2D eigenvalue weighted by atomic mass is 10.3. The van der Waals surface area contributed by atoms with Crippen LogP contribution in [0, 0.1) is 0 Å². The number of hydrogen-bond acceptors (Lipinski definition) is 2. The van der Waals surface area contributed by atoms with E-state index in [2.05, 4.69) is 47.8 Å². The zero-order valence-corrected chi connectivity index (χ0v) is 10.3. The van der Waals surface area contributed by atoms with Crippen molar-refractivity contribution in [2.45, 2.75) is 3.23 Å². The smallest absolute Gasteiger partial charge is 0.210 e. The third kappa shape index (κ3) is 1.36. The van der Waals surface area contributed by atoms with Crippen molar-refractivity contribution >= 4 is 71.0 Å². The molecule has 0 amide bonds. The summed E-state index contributed by atoms with van der Waals surface area (Å²) in [6, 6.07) is 0. The Morgan fingerprint density at radius 2 is 1.64 bits per heavy atom. The van der Waals surface area contributed by atoms with E-state index in [1.54, 1.807) is 0 Å². The molecule has 0 aromatic heterocycles. The molecule has 0 N–H and O–H groups in total. The standard InChI is InChI=1S/C5Br3ClO2/c6-1-2(9)4(11)5(7,8)3(1)10. The second-order valence-corrected chi connectivity index (χ2v) is 6.47. The maximum Gasteiger partial charge on any atom is 0.210 e. The first-order chi connectivity index (χ1) is 4.89. The number of alkyl halides is 2. The van der Waals surface area contributed by atoms with Crippen molar-refractivity contribution in [3.8, 4) is 0 Å². The molecule has 0 bridgehead atoms. The molecular weight excluding hydrogens is 367 g/mol. The number of Topliss-reactive ketones (excluding diaryl/α,β-unsaturated/α-hetero) is 2. The molecule has 2 nitrogen and oxygen atoms in total. The predicted octanol–water partition coefficient (Wildman–Crippen LogP) is 2.47. The molecule has 0 aliphatic heterocycles. The van der Waals surface area contributed by atoms with E-state index in [1.165, 1.54) is 0 Å². The summed E-state index contributed by atoms with van der Waals surface area (Å²) in [7, 11) is 0. The Labute approximate surface area is 92.7 Å². The van der Waals surface area contributed by atoms with E-state index in [0.29, 0.717) is 0 Å². The van der Waals surface area contributed by atoms with Gasteiger partial charge in [-0.15, -0.1) is 0 Å². The minimum atomic E-state index is -1.35. The Bertz CT molecular complexity index is 255. The van der Waals surface area contributed by atoms with Crippen LogP contribution in [0.1, 0.15) is 0 Å². The molecule has 0 atom stereocenters. The molecule has 0 heterocycles. The summed E-state index contributed by atoms with van der Waals surface area (Å²) in [6.07, 6.45) is 0. The molecule has 6 heteroatoms. The summed E-state index contributed by atoms with van der Waals surface area (Å²) in [5.41, 5.74) is 0. The van der Waals surface area contributed by atoms with E-state index in [0.717, 1.165) is 0 Å². The van der Waals surface area contributed by atoms with Gasteiger partial charge in [-0.3, -0.25) is 9.59 Å². The summed E-state index contributed by atoms with van der Waals surface area (Å²) in [5.74, 6) is -0.886. The Balaban J connectivity index is 3.24. The number of carbonyl (C=O) groups excluding carboxylic acids is 2. The molecule has 60 valence electrons. The minimum Gasteiger partial charge on any atom is -0.290 e. The van der Waals surface area contributed by atoms with Crippen molar-refractivity contribution in [1.29, 1.82) is 0 Å². The summed E-state index contributed by atoms with van der Waals surface area (Å²) < 4.78 is -1.24. The van der Waals surface area contributed by atoms with Gasteiger partial charge in [0.1, 0.15) is 5.03 Å². The first-order valence-corrected chi connectivity index (χ1v) is 5.17. The van der Waals surface area contributed by atoms with E-state index >= 15 is 0 Å². The zero-order chi connectivity index (χ0) is 8.81. The SMILES string of the molecule is O=C1C(Cl)=C(Br)C(=O)C1(Br)Br. The Hall–Kier alpha value is 0.810. The van der Waals surface area contributed by atoms with Crippen LogP contribution < -0.4 is 0 Å². The lowest BCUT2D eigenvalue weighted by Crippen LogP contribution is -2.27. The maximum absolute atomic E-state index is 11.1. The van der Waals surface area contributed by atoms with Crippen LogP contribution in [0.25, 0.3) is 0 Å². The zero-order valence-electron chi connectivity index (χ0n) is 4.83. The van der Waals surface area contributed by atoms with Gasteiger partial charge in [0.05, 0.1) is 4.48 Å². The average molecular weight is 367 g/mol. The minimum absolute atomic E-state index is 0.0799. The number of allylic oxidation sites excluding steroid dienone is 2. The second-order valence-electron chi connectivity index (χ2n) is 1.86. The number of rotatable bonds is 0.